The van der Waals surface area contributed by atoms with Gasteiger partial charge in [-0.05, 0) is 33.0 Å². The number of hydrogen-bond donors (Lipinski definition) is 1. The molecule has 1 saturated heterocycles. The van der Waals surface area contributed by atoms with Crippen LogP contribution < -0.4 is 15.1 Å². The smallest absolute Gasteiger partial charge is 0.341 e. The second-order valence-electron chi connectivity index (χ2n) is 7.47. The van der Waals surface area contributed by atoms with Crippen molar-refractivity contribution in [2.75, 3.05) is 39.2 Å². The van der Waals surface area contributed by atoms with Gasteiger partial charge >= 0.3 is 5.97 Å². The molecular formula is C19H22FN3O4. The Bertz CT molecular complexity index is 991. The van der Waals surface area contributed by atoms with Gasteiger partial charge in [0.05, 0.1) is 18.0 Å². The highest BCUT2D eigenvalue weighted by Crippen LogP contribution is 2.44. The van der Waals surface area contributed by atoms with Crippen LogP contribution in [-0.2, 0) is 0 Å². The largest absolute Gasteiger partial charge is 0.492 e. The first-order valence-electron chi connectivity index (χ1n) is 8.93. The fourth-order valence-corrected chi connectivity index (χ4v) is 3.69. The first-order valence-corrected chi connectivity index (χ1v) is 8.93. The van der Waals surface area contributed by atoms with Crippen molar-refractivity contribution in [3.8, 4) is 5.75 Å². The maximum Gasteiger partial charge on any atom is 0.341 e. The molecule has 1 saturated carbocycles. The summed E-state index contributed by atoms with van der Waals surface area (Å²) in [7, 11) is 5.41. The lowest BCUT2D eigenvalue weighted by Gasteiger charge is -2.44. The van der Waals surface area contributed by atoms with Crippen molar-refractivity contribution in [2.24, 2.45) is 0 Å². The van der Waals surface area contributed by atoms with Gasteiger partial charge in [0.15, 0.2) is 11.6 Å². The average molecular weight is 375 g/mol. The van der Waals surface area contributed by atoms with E-state index in [-0.39, 0.29) is 17.0 Å². The van der Waals surface area contributed by atoms with E-state index in [4.69, 9.17) is 4.74 Å². The fourth-order valence-electron chi connectivity index (χ4n) is 3.69. The summed E-state index contributed by atoms with van der Waals surface area (Å²) in [5.74, 6) is -1.59. The summed E-state index contributed by atoms with van der Waals surface area (Å²) in [5, 5.41) is 9.41. The van der Waals surface area contributed by atoms with Gasteiger partial charge in [-0.2, -0.15) is 0 Å². The number of methoxy groups -OCH3 is 1. The van der Waals surface area contributed by atoms with Crippen LogP contribution in [0.15, 0.2) is 17.1 Å². The third-order valence-corrected chi connectivity index (χ3v) is 5.48. The van der Waals surface area contributed by atoms with Crippen LogP contribution in [-0.4, -0.2) is 60.9 Å². The quantitative estimate of drug-likeness (QED) is 0.861. The van der Waals surface area contributed by atoms with E-state index >= 15 is 0 Å². The van der Waals surface area contributed by atoms with Crippen LogP contribution in [0.2, 0.25) is 0 Å². The number of rotatable bonds is 5. The molecule has 0 atom stereocenters. The standard InChI is InChI=1S/C19H22FN3O4/c1-21(2)11-7-22(8-11)16-14(20)6-12-15(18(16)27-3)23(10-4-5-10)9-13(17(12)24)19(25)26/h6,9-11H,4-5,7-8H2,1-3H3,(H,25,26). The Balaban J connectivity index is 1.96. The number of pyridine rings is 1. The van der Waals surface area contributed by atoms with Gasteiger partial charge in [0.25, 0.3) is 0 Å². The molecule has 4 rings (SSSR count). The molecule has 1 aliphatic carbocycles. The molecule has 27 heavy (non-hydrogen) atoms. The number of ether oxygens (including phenoxy) is 1. The first kappa shape index (κ1) is 17.8. The van der Waals surface area contributed by atoms with E-state index in [9.17, 15) is 19.1 Å². The molecule has 0 spiro atoms. The van der Waals surface area contributed by atoms with Gasteiger partial charge in [0.2, 0.25) is 5.43 Å². The van der Waals surface area contributed by atoms with E-state index < -0.39 is 17.2 Å². The van der Waals surface area contributed by atoms with Gasteiger partial charge in [0.1, 0.15) is 11.3 Å². The molecular weight excluding hydrogens is 353 g/mol. The SMILES string of the molecule is COc1c(N2CC(N(C)C)C2)c(F)cc2c(=O)c(C(=O)O)cn(C3CC3)c12. The normalized spacial score (nSPS) is 17.4. The molecule has 1 aliphatic heterocycles. The summed E-state index contributed by atoms with van der Waals surface area (Å²) in [6.07, 6.45) is 3.15. The number of fused-ring (bicyclic) bond motifs is 1. The van der Waals surface area contributed by atoms with Crippen molar-refractivity contribution < 1.29 is 19.0 Å². The third kappa shape index (κ3) is 2.75. The molecule has 2 heterocycles. The summed E-state index contributed by atoms with van der Waals surface area (Å²) in [6.45, 7) is 1.32. The molecule has 2 fully saturated rings. The second kappa shape index (κ2) is 6.23. The van der Waals surface area contributed by atoms with E-state index in [0.29, 0.717) is 36.1 Å². The number of likely N-dealkylation sites (N-methyl/N-ethyl adjacent to an activating group) is 1. The highest BCUT2D eigenvalue weighted by atomic mass is 19.1. The second-order valence-corrected chi connectivity index (χ2v) is 7.47. The number of carboxylic acid groups (broad SMARTS) is 1. The highest BCUT2D eigenvalue weighted by molar-refractivity contribution is 5.97. The van der Waals surface area contributed by atoms with Crippen LogP contribution in [0, 0.1) is 5.82 Å². The molecule has 1 N–H and O–H groups in total. The Hall–Kier alpha value is -2.61. The molecule has 2 aromatic rings. The van der Waals surface area contributed by atoms with Crippen LogP contribution in [0.5, 0.6) is 5.75 Å². The van der Waals surface area contributed by atoms with E-state index in [2.05, 4.69) is 4.90 Å². The minimum Gasteiger partial charge on any atom is -0.492 e. The van der Waals surface area contributed by atoms with E-state index in [1.54, 1.807) is 4.57 Å². The number of hydrogen-bond acceptors (Lipinski definition) is 5. The van der Waals surface area contributed by atoms with Crippen LogP contribution >= 0.6 is 0 Å². The van der Waals surface area contributed by atoms with Gasteiger partial charge in [-0.25, -0.2) is 9.18 Å². The van der Waals surface area contributed by atoms with Crippen molar-refractivity contribution >= 4 is 22.6 Å². The number of aromatic carboxylic acids is 1. The van der Waals surface area contributed by atoms with Crippen LogP contribution in [0.1, 0.15) is 29.2 Å². The van der Waals surface area contributed by atoms with Crippen LogP contribution in [0.3, 0.4) is 0 Å². The van der Waals surface area contributed by atoms with Crippen molar-refractivity contribution in [2.45, 2.75) is 24.9 Å². The highest BCUT2D eigenvalue weighted by Gasteiger charge is 2.35. The van der Waals surface area contributed by atoms with Gasteiger partial charge in [0, 0.05) is 31.4 Å². The molecule has 144 valence electrons. The Morgan fingerprint density at radius 2 is 2.00 bits per heavy atom. The number of benzene rings is 1. The van der Waals surface area contributed by atoms with Gasteiger partial charge in [-0.1, -0.05) is 0 Å². The van der Waals surface area contributed by atoms with E-state index in [1.165, 1.54) is 13.3 Å². The maximum atomic E-state index is 15.0. The number of anilines is 1. The maximum absolute atomic E-state index is 15.0. The summed E-state index contributed by atoms with van der Waals surface area (Å²) in [5.41, 5.74) is -0.229. The molecule has 1 aromatic heterocycles. The number of carbonyl (C=O) groups is 1. The lowest BCUT2D eigenvalue weighted by atomic mass is 10.0. The number of aromatic nitrogens is 1. The zero-order valence-electron chi connectivity index (χ0n) is 15.5. The molecule has 1 aromatic carbocycles. The molecule has 8 heteroatoms. The van der Waals surface area contributed by atoms with Crippen molar-refractivity contribution in [1.29, 1.82) is 0 Å². The Labute approximate surface area is 155 Å². The van der Waals surface area contributed by atoms with Gasteiger partial charge in [-0.3, -0.25) is 4.79 Å². The molecule has 0 bridgehead atoms. The summed E-state index contributed by atoms with van der Waals surface area (Å²) < 4.78 is 22.3. The topological polar surface area (TPSA) is 75.0 Å². The van der Waals surface area contributed by atoms with Crippen LogP contribution in [0.4, 0.5) is 10.1 Å². The number of halogens is 1. The number of nitrogens with zero attached hydrogens (tertiary/aromatic N) is 3. The monoisotopic (exact) mass is 375 g/mol. The summed E-state index contributed by atoms with van der Waals surface area (Å²) >= 11 is 0. The Morgan fingerprint density at radius 3 is 2.52 bits per heavy atom. The Morgan fingerprint density at radius 1 is 1.33 bits per heavy atom. The van der Waals surface area contributed by atoms with E-state index in [1.807, 2.05) is 19.0 Å². The molecule has 7 nitrogen and oxygen atoms in total. The predicted octanol–water partition coefficient (Wildman–Crippen LogP) is 1.93. The minimum atomic E-state index is -1.31. The summed E-state index contributed by atoms with van der Waals surface area (Å²) in [4.78, 5) is 28.1. The zero-order chi connectivity index (χ0) is 19.5. The first-order chi connectivity index (χ1) is 12.8. The molecule has 0 unspecified atom stereocenters. The van der Waals surface area contributed by atoms with Crippen molar-refractivity contribution in [3.63, 3.8) is 0 Å². The summed E-state index contributed by atoms with van der Waals surface area (Å²) in [6, 6.07) is 1.58. The number of carboxylic acids is 1. The zero-order valence-corrected chi connectivity index (χ0v) is 15.5. The molecule has 2 aliphatic rings. The Kier molecular flexibility index (Phi) is 4.10. The van der Waals surface area contributed by atoms with Crippen LogP contribution in [0.25, 0.3) is 10.9 Å². The van der Waals surface area contributed by atoms with Gasteiger partial charge < -0.3 is 24.2 Å². The fraction of sp³-hybridized carbons (Fsp3) is 0.474. The van der Waals surface area contributed by atoms with Crippen molar-refractivity contribution in [1.82, 2.24) is 9.47 Å². The molecule has 0 radical (unpaired) electrons. The molecule has 0 amide bonds. The van der Waals surface area contributed by atoms with Gasteiger partial charge in [-0.15, -0.1) is 0 Å². The average Bonchev–Trinajstić information content (AvgIpc) is 3.39. The predicted molar refractivity (Wildman–Crippen MR) is 99.6 cm³/mol. The van der Waals surface area contributed by atoms with E-state index in [0.717, 1.165) is 18.9 Å². The third-order valence-electron chi connectivity index (χ3n) is 5.48. The van der Waals surface area contributed by atoms with Crippen molar-refractivity contribution in [3.05, 3.63) is 33.9 Å². The lowest BCUT2D eigenvalue weighted by Crippen LogP contribution is -2.57. The minimum absolute atomic E-state index is 0.0459. The lowest BCUT2D eigenvalue weighted by molar-refractivity contribution is 0.0695.